The van der Waals surface area contributed by atoms with Gasteiger partial charge in [0.2, 0.25) is 0 Å². The Morgan fingerprint density at radius 1 is 0.862 bits per heavy atom. The lowest BCUT2D eigenvalue weighted by atomic mass is 9.81. The van der Waals surface area contributed by atoms with E-state index in [1.807, 2.05) is 0 Å². The lowest BCUT2D eigenvalue weighted by Crippen LogP contribution is -2.31. The van der Waals surface area contributed by atoms with Crippen LogP contribution in [0.3, 0.4) is 0 Å². The van der Waals surface area contributed by atoms with Crippen LogP contribution in [0, 0.1) is 17.8 Å². The molecule has 0 bridgehead atoms. The van der Waals surface area contributed by atoms with E-state index in [9.17, 15) is 14.7 Å². The number of carboxylic acids is 1. The molecule has 1 N–H and O–H groups in total. The molecule has 1 aliphatic rings. The van der Waals surface area contributed by atoms with Crippen LogP contribution < -0.4 is 0 Å². The molecule has 1 aliphatic carbocycles. The van der Waals surface area contributed by atoms with Crippen LogP contribution in [0.5, 0.6) is 0 Å². The molecule has 1 fully saturated rings. The fraction of sp³-hybridized carbons (Fsp3) is 0.920. The van der Waals surface area contributed by atoms with E-state index in [1.54, 1.807) is 0 Å². The number of ether oxygens (including phenoxy) is 1. The number of hydrogen-bond acceptors (Lipinski definition) is 3. The Hall–Kier alpha value is -1.06. The van der Waals surface area contributed by atoms with Gasteiger partial charge in [0.15, 0.2) is 0 Å². The van der Waals surface area contributed by atoms with Crippen LogP contribution in [0.2, 0.25) is 0 Å². The third-order valence-corrected chi connectivity index (χ3v) is 6.33. The average Bonchev–Trinajstić information content (AvgIpc) is 2.69. The summed E-state index contributed by atoms with van der Waals surface area (Å²) in [4.78, 5) is 24.0. The maximum atomic E-state index is 12.7. The average molecular weight is 411 g/mol. The number of rotatable bonds is 16. The van der Waals surface area contributed by atoms with Crippen LogP contribution in [0.1, 0.15) is 124 Å². The Morgan fingerprint density at radius 3 is 2.07 bits per heavy atom. The van der Waals surface area contributed by atoms with Crippen molar-refractivity contribution >= 4 is 11.9 Å². The predicted molar refractivity (Wildman–Crippen MR) is 119 cm³/mol. The Morgan fingerprint density at radius 2 is 1.45 bits per heavy atom. The van der Waals surface area contributed by atoms with Crippen LogP contribution in [0.15, 0.2) is 0 Å². The highest BCUT2D eigenvalue weighted by Crippen LogP contribution is 2.31. The molecule has 170 valence electrons. The van der Waals surface area contributed by atoms with Gasteiger partial charge in [-0.15, -0.1) is 0 Å². The van der Waals surface area contributed by atoms with Crippen molar-refractivity contribution in [3.05, 3.63) is 0 Å². The molecule has 4 nitrogen and oxygen atoms in total. The minimum Gasteiger partial charge on any atom is -0.481 e. The molecule has 4 heteroatoms. The van der Waals surface area contributed by atoms with Gasteiger partial charge in [0.25, 0.3) is 0 Å². The van der Waals surface area contributed by atoms with Gasteiger partial charge in [-0.3, -0.25) is 9.59 Å². The second kappa shape index (κ2) is 15.7. The van der Waals surface area contributed by atoms with E-state index >= 15 is 0 Å². The van der Waals surface area contributed by atoms with Crippen molar-refractivity contribution in [3.63, 3.8) is 0 Å². The van der Waals surface area contributed by atoms with Crippen molar-refractivity contribution in [2.24, 2.45) is 17.8 Å². The first-order valence-corrected chi connectivity index (χ1v) is 12.4. The smallest absolute Gasteiger partial charge is 0.309 e. The van der Waals surface area contributed by atoms with Gasteiger partial charge in [0.05, 0.1) is 11.8 Å². The molecule has 0 aliphatic heterocycles. The van der Waals surface area contributed by atoms with E-state index in [1.165, 1.54) is 44.9 Å². The predicted octanol–water partition coefficient (Wildman–Crippen LogP) is 7.15. The monoisotopic (exact) mass is 410 g/mol. The molecule has 0 amide bonds. The van der Waals surface area contributed by atoms with Crippen LogP contribution in [-0.2, 0) is 14.3 Å². The molecule has 1 saturated carbocycles. The molecule has 3 atom stereocenters. The first kappa shape index (κ1) is 26.0. The zero-order valence-corrected chi connectivity index (χ0v) is 19.3. The lowest BCUT2D eigenvalue weighted by Gasteiger charge is -2.27. The lowest BCUT2D eigenvalue weighted by molar-refractivity contribution is -0.158. The van der Waals surface area contributed by atoms with Crippen molar-refractivity contribution in [1.29, 1.82) is 0 Å². The van der Waals surface area contributed by atoms with Gasteiger partial charge in [-0.05, 0) is 50.9 Å². The second-order valence-corrected chi connectivity index (χ2v) is 9.55. The molecule has 0 spiro atoms. The summed E-state index contributed by atoms with van der Waals surface area (Å²) in [5, 5.41) is 9.27. The van der Waals surface area contributed by atoms with Gasteiger partial charge >= 0.3 is 11.9 Å². The van der Waals surface area contributed by atoms with Gasteiger partial charge in [-0.25, -0.2) is 0 Å². The van der Waals surface area contributed by atoms with Crippen LogP contribution in [0.4, 0.5) is 0 Å². The molecule has 0 aromatic rings. The second-order valence-electron chi connectivity index (χ2n) is 9.55. The highest BCUT2D eigenvalue weighted by molar-refractivity contribution is 5.75. The molecule has 0 heterocycles. The third-order valence-electron chi connectivity index (χ3n) is 6.33. The van der Waals surface area contributed by atoms with E-state index in [0.717, 1.165) is 44.9 Å². The fourth-order valence-electron chi connectivity index (χ4n) is 4.41. The van der Waals surface area contributed by atoms with Gasteiger partial charge in [-0.2, -0.15) is 0 Å². The Kier molecular flexibility index (Phi) is 14.1. The minimum absolute atomic E-state index is 0.00606. The molecule has 1 rings (SSSR count). The number of unbranched alkanes of at least 4 members (excludes halogenated alkanes) is 7. The topological polar surface area (TPSA) is 63.6 Å². The van der Waals surface area contributed by atoms with E-state index in [-0.39, 0.29) is 23.9 Å². The van der Waals surface area contributed by atoms with E-state index in [2.05, 4.69) is 20.8 Å². The summed E-state index contributed by atoms with van der Waals surface area (Å²) in [6, 6.07) is 0. The molecular weight excluding hydrogens is 364 g/mol. The van der Waals surface area contributed by atoms with Crippen LogP contribution in [0.25, 0.3) is 0 Å². The van der Waals surface area contributed by atoms with Crippen molar-refractivity contribution < 1.29 is 19.4 Å². The first-order chi connectivity index (χ1) is 13.9. The molecular formula is C25H46O4. The zero-order valence-electron chi connectivity index (χ0n) is 19.3. The molecule has 29 heavy (non-hydrogen) atoms. The van der Waals surface area contributed by atoms with Gasteiger partial charge < -0.3 is 9.84 Å². The number of carbonyl (C=O) groups excluding carboxylic acids is 1. The molecule has 0 aromatic heterocycles. The van der Waals surface area contributed by atoms with Crippen molar-refractivity contribution in [3.8, 4) is 0 Å². The number of carbonyl (C=O) groups is 2. The van der Waals surface area contributed by atoms with Gasteiger partial charge in [-0.1, -0.05) is 78.6 Å². The van der Waals surface area contributed by atoms with Crippen molar-refractivity contribution in [2.45, 2.75) is 130 Å². The number of carboxylic acid groups (broad SMARTS) is 1. The summed E-state index contributed by atoms with van der Waals surface area (Å²) in [5.74, 6) is -0.853. The Bertz CT molecular complexity index is 446. The summed E-state index contributed by atoms with van der Waals surface area (Å²) in [5.41, 5.74) is 0. The first-order valence-electron chi connectivity index (χ1n) is 12.4. The number of aliphatic carboxylic acids is 1. The van der Waals surface area contributed by atoms with E-state index in [0.29, 0.717) is 18.8 Å². The highest BCUT2D eigenvalue weighted by Gasteiger charge is 2.32. The van der Waals surface area contributed by atoms with E-state index < -0.39 is 5.97 Å². The third kappa shape index (κ3) is 12.3. The Labute approximate surface area is 179 Å². The zero-order chi connectivity index (χ0) is 21.5. The SMILES string of the molecule is CCCCCCCCCCC(CCCC(C)C)OC(=O)C1CCCC(C(=O)O)C1. The van der Waals surface area contributed by atoms with Crippen LogP contribution in [-0.4, -0.2) is 23.1 Å². The standard InChI is InChI=1S/C25H46O4/c1-4-5-6-7-8-9-10-11-17-23(18-12-14-20(2)3)29-25(28)22-16-13-15-21(19-22)24(26)27/h20-23H,4-19H2,1-3H3,(H,26,27). The number of hydrogen-bond donors (Lipinski definition) is 1. The quantitative estimate of drug-likeness (QED) is 0.217. The summed E-state index contributed by atoms with van der Waals surface area (Å²) in [6.07, 6.45) is 17.1. The largest absolute Gasteiger partial charge is 0.481 e. The summed E-state index contributed by atoms with van der Waals surface area (Å²) in [6.45, 7) is 6.71. The Balaban J connectivity index is 2.38. The van der Waals surface area contributed by atoms with Crippen molar-refractivity contribution in [1.82, 2.24) is 0 Å². The van der Waals surface area contributed by atoms with E-state index in [4.69, 9.17) is 4.74 Å². The maximum absolute atomic E-state index is 12.7. The summed E-state index contributed by atoms with van der Waals surface area (Å²) >= 11 is 0. The molecule has 0 saturated heterocycles. The minimum atomic E-state index is -0.769. The molecule has 3 unspecified atom stereocenters. The summed E-state index contributed by atoms with van der Waals surface area (Å²) < 4.78 is 5.93. The highest BCUT2D eigenvalue weighted by atomic mass is 16.5. The summed E-state index contributed by atoms with van der Waals surface area (Å²) in [7, 11) is 0. The molecule has 0 radical (unpaired) electrons. The van der Waals surface area contributed by atoms with Gasteiger partial charge in [0.1, 0.15) is 6.10 Å². The van der Waals surface area contributed by atoms with Crippen LogP contribution >= 0.6 is 0 Å². The van der Waals surface area contributed by atoms with Crippen molar-refractivity contribution in [2.75, 3.05) is 0 Å². The fourth-order valence-corrected chi connectivity index (χ4v) is 4.41. The normalized spacial score (nSPS) is 20.6. The maximum Gasteiger partial charge on any atom is 0.309 e. The molecule has 0 aromatic carbocycles. The number of esters is 1. The van der Waals surface area contributed by atoms with Gasteiger partial charge in [0, 0.05) is 0 Å².